The van der Waals surface area contributed by atoms with Crippen LogP contribution >= 0.6 is 0 Å². The molecule has 1 saturated heterocycles. The standard InChI is InChI=1S/C21H28N2O4S/c1-5-14(4)19-20(24)18(21(25)23(19)11-10-13(2)3)16-12-28(26,27)17-9-7-6-8-15(17)22-16/h6-9,13-14,18-19H,5,10-12H2,1-4H3/t14-,18?,19-/m0/s1. The molecule has 3 atom stereocenters. The molecule has 2 aliphatic heterocycles. The molecule has 2 heterocycles. The van der Waals surface area contributed by atoms with Gasteiger partial charge in [-0.3, -0.25) is 14.6 Å². The zero-order chi connectivity index (χ0) is 20.6. The molecule has 0 aliphatic carbocycles. The Labute approximate surface area is 166 Å². The average Bonchev–Trinajstić information content (AvgIpc) is 2.88. The zero-order valence-corrected chi connectivity index (χ0v) is 17.7. The maximum Gasteiger partial charge on any atom is 0.239 e. The molecule has 0 saturated carbocycles. The summed E-state index contributed by atoms with van der Waals surface area (Å²) in [6.07, 6.45) is 1.56. The molecule has 0 bridgehead atoms. The quantitative estimate of drug-likeness (QED) is 0.682. The highest BCUT2D eigenvalue weighted by atomic mass is 32.2. The van der Waals surface area contributed by atoms with Gasteiger partial charge in [0.25, 0.3) is 0 Å². The first-order valence-corrected chi connectivity index (χ1v) is 11.6. The van der Waals surface area contributed by atoms with Crippen LogP contribution in [0.25, 0.3) is 0 Å². The predicted molar refractivity (Wildman–Crippen MR) is 108 cm³/mol. The van der Waals surface area contributed by atoms with E-state index in [0.29, 0.717) is 18.2 Å². The maximum absolute atomic E-state index is 13.3. The van der Waals surface area contributed by atoms with Crippen molar-refractivity contribution in [2.24, 2.45) is 22.7 Å². The summed E-state index contributed by atoms with van der Waals surface area (Å²) < 4.78 is 25.4. The molecular formula is C21H28N2O4S. The third-order valence-corrected chi connectivity index (χ3v) is 7.40. The van der Waals surface area contributed by atoms with E-state index in [4.69, 9.17) is 0 Å². The van der Waals surface area contributed by atoms with Gasteiger partial charge in [0, 0.05) is 6.54 Å². The highest BCUT2D eigenvalue weighted by molar-refractivity contribution is 7.92. The lowest BCUT2D eigenvalue weighted by molar-refractivity contribution is -0.131. The van der Waals surface area contributed by atoms with E-state index in [2.05, 4.69) is 18.8 Å². The number of aliphatic imine (C=N–C) groups is 1. The summed E-state index contributed by atoms with van der Waals surface area (Å²) in [5, 5.41) is 0. The summed E-state index contributed by atoms with van der Waals surface area (Å²) >= 11 is 0. The number of sulfone groups is 1. The molecule has 152 valence electrons. The van der Waals surface area contributed by atoms with Gasteiger partial charge in [0.05, 0.1) is 28.1 Å². The van der Waals surface area contributed by atoms with Crippen molar-refractivity contribution in [3.63, 3.8) is 0 Å². The van der Waals surface area contributed by atoms with Crippen LogP contribution in [0.4, 0.5) is 5.69 Å². The largest absolute Gasteiger partial charge is 0.331 e. The molecule has 0 spiro atoms. The Balaban J connectivity index is 2.01. The Bertz CT molecular complexity index is 920. The second-order valence-electron chi connectivity index (χ2n) is 8.21. The lowest BCUT2D eigenvalue weighted by atomic mass is 9.90. The number of Topliss-reactive ketones (excluding diaryl/α,β-unsaturated/α-hetero) is 1. The number of hydrogen-bond donors (Lipinski definition) is 0. The molecule has 1 fully saturated rings. The van der Waals surface area contributed by atoms with Crippen LogP contribution in [0.2, 0.25) is 0 Å². The Morgan fingerprint density at radius 3 is 2.50 bits per heavy atom. The Kier molecular flexibility index (Phi) is 5.75. The first-order chi connectivity index (χ1) is 13.2. The summed E-state index contributed by atoms with van der Waals surface area (Å²) in [4.78, 5) is 32.7. The van der Waals surface area contributed by atoms with Gasteiger partial charge < -0.3 is 4.90 Å². The molecular weight excluding hydrogens is 376 g/mol. The smallest absolute Gasteiger partial charge is 0.239 e. The summed E-state index contributed by atoms with van der Waals surface area (Å²) in [5.74, 6) is -1.56. The monoisotopic (exact) mass is 404 g/mol. The van der Waals surface area contributed by atoms with Crippen molar-refractivity contribution in [2.75, 3.05) is 12.3 Å². The number of nitrogens with zero attached hydrogens (tertiary/aromatic N) is 2. The molecule has 1 unspecified atom stereocenters. The van der Waals surface area contributed by atoms with Crippen molar-refractivity contribution in [3.05, 3.63) is 24.3 Å². The molecule has 0 radical (unpaired) electrons. The number of ketones is 1. The van der Waals surface area contributed by atoms with Gasteiger partial charge in [-0.1, -0.05) is 46.2 Å². The molecule has 0 aromatic heterocycles. The molecule has 1 aromatic carbocycles. The minimum absolute atomic E-state index is 0.0155. The van der Waals surface area contributed by atoms with Crippen LogP contribution in [-0.2, 0) is 19.4 Å². The van der Waals surface area contributed by atoms with Crippen molar-refractivity contribution in [2.45, 2.75) is 51.5 Å². The number of fused-ring (bicyclic) bond motifs is 1. The SMILES string of the molecule is CC[C@H](C)[C@H]1C(=O)C(C2=Nc3ccccc3S(=O)(=O)C2)C(=O)N1CCC(C)C. The van der Waals surface area contributed by atoms with Crippen LogP contribution in [0, 0.1) is 17.8 Å². The number of hydrogen-bond acceptors (Lipinski definition) is 5. The van der Waals surface area contributed by atoms with E-state index in [0.717, 1.165) is 12.8 Å². The molecule has 7 heteroatoms. The topological polar surface area (TPSA) is 83.9 Å². The summed E-state index contributed by atoms with van der Waals surface area (Å²) in [6.45, 7) is 8.62. The summed E-state index contributed by atoms with van der Waals surface area (Å²) in [6, 6.07) is 5.97. The number of benzene rings is 1. The molecule has 6 nitrogen and oxygen atoms in total. The van der Waals surface area contributed by atoms with Crippen molar-refractivity contribution >= 4 is 32.9 Å². The van der Waals surface area contributed by atoms with E-state index in [1.807, 2.05) is 13.8 Å². The Morgan fingerprint density at radius 2 is 1.86 bits per heavy atom. The summed E-state index contributed by atoms with van der Waals surface area (Å²) in [5.41, 5.74) is 0.471. The number of amides is 1. The Hall–Kier alpha value is -2.02. The fraction of sp³-hybridized carbons (Fsp3) is 0.571. The second-order valence-corrected chi connectivity index (χ2v) is 10.2. The van der Waals surface area contributed by atoms with Crippen LogP contribution < -0.4 is 0 Å². The van der Waals surface area contributed by atoms with Crippen molar-refractivity contribution < 1.29 is 18.0 Å². The first-order valence-electron chi connectivity index (χ1n) is 9.90. The van der Waals surface area contributed by atoms with Gasteiger partial charge in [-0.25, -0.2) is 8.42 Å². The predicted octanol–water partition coefficient (Wildman–Crippen LogP) is 3.03. The minimum Gasteiger partial charge on any atom is -0.331 e. The van der Waals surface area contributed by atoms with Crippen LogP contribution in [-0.4, -0.2) is 49.1 Å². The highest BCUT2D eigenvalue weighted by Gasteiger charge is 2.51. The van der Waals surface area contributed by atoms with E-state index < -0.39 is 21.8 Å². The van der Waals surface area contributed by atoms with Crippen LogP contribution in [0.3, 0.4) is 0 Å². The molecule has 0 N–H and O–H groups in total. The number of para-hydroxylation sites is 1. The average molecular weight is 405 g/mol. The third kappa shape index (κ3) is 3.64. The molecule has 3 rings (SSSR count). The molecule has 1 aromatic rings. The molecule has 28 heavy (non-hydrogen) atoms. The number of carbonyl (C=O) groups is 2. The fourth-order valence-electron chi connectivity index (χ4n) is 3.93. The summed E-state index contributed by atoms with van der Waals surface area (Å²) in [7, 11) is -3.62. The van der Waals surface area contributed by atoms with Gasteiger partial charge in [-0.15, -0.1) is 0 Å². The highest BCUT2D eigenvalue weighted by Crippen LogP contribution is 2.35. The van der Waals surface area contributed by atoms with E-state index in [1.54, 1.807) is 23.1 Å². The Morgan fingerprint density at radius 1 is 1.18 bits per heavy atom. The van der Waals surface area contributed by atoms with Crippen molar-refractivity contribution in [3.8, 4) is 0 Å². The maximum atomic E-state index is 13.3. The minimum atomic E-state index is -3.62. The van der Waals surface area contributed by atoms with Crippen LogP contribution in [0.1, 0.15) is 40.5 Å². The van der Waals surface area contributed by atoms with Crippen LogP contribution in [0.15, 0.2) is 34.2 Å². The fourth-order valence-corrected chi connectivity index (χ4v) is 5.43. The van der Waals surface area contributed by atoms with Gasteiger partial charge in [0.2, 0.25) is 5.91 Å². The van der Waals surface area contributed by atoms with E-state index in [9.17, 15) is 18.0 Å². The molecule has 2 aliphatic rings. The number of rotatable bonds is 6. The van der Waals surface area contributed by atoms with Gasteiger partial charge in [-0.2, -0.15) is 0 Å². The third-order valence-electron chi connectivity index (χ3n) is 5.71. The first kappa shape index (κ1) is 20.7. The van der Waals surface area contributed by atoms with E-state index in [1.165, 1.54) is 6.07 Å². The van der Waals surface area contributed by atoms with Crippen molar-refractivity contribution in [1.29, 1.82) is 0 Å². The van der Waals surface area contributed by atoms with Gasteiger partial charge >= 0.3 is 0 Å². The van der Waals surface area contributed by atoms with Gasteiger partial charge in [0.1, 0.15) is 5.92 Å². The van der Waals surface area contributed by atoms with E-state index in [-0.39, 0.29) is 34.0 Å². The number of carbonyl (C=O) groups excluding carboxylic acids is 2. The lowest BCUT2D eigenvalue weighted by Gasteiger charge is -2.28. The van der Waals surface area contributed by atoms with Crippen molar-refractivity contribution in [1.82, 2.24) is 4.90 Å². The number of likely N-dealkylation sites (tertiary alicyclic amines) is 1. The second kappa shape index (κ2) is 7.78. The normalized spacial score (nSPS) is 25.0. The van der Waals surface area contributed by atoms with Gasteiger partial charge in [0.15, 0.2) is 15.6 Å². The van der Waals surface area contributed by atoms with Gasteiger partial charge in [-0.05, 0) is 30.4 Å². The molecule has 1 amide bonds. The van der Waals surface area contributed by atoms with Crippen LogP contribution in [0.5, 0.6) is 0 Å². The lowest BCUT2D eigenvalue weighted by Crippen LogP contribution is -2.41. The zero-order valence-electron chi connectivity index (χ0n) is 16.9. The van der Waals surface area contributed by atoms with E-state index >= 15 is 0 Å².